The molecule has 0 radical (unpaired) electrons. The Morgan fingerprint density at radius 3 is 1.97 bits per heavy atom. The first-order valence-electron chi connectivity index (χ1n) is 10.7. The SMILES string of the molecule is O=C1C[C@H]2c3ccccc3[C@H]1[C@H]1C(=O)N(c3ccc(N=Nc4ccccc4)cc3)C(=O)[C@@H]12. The maximum absolute atomic E-state index is 13.4. The molecule has 2 bridgehead atoms. The maximum Gasteiger partial charge on any atom is 0.238 e. The smallest absolute Gasteiger partial charge is 0.238 e. The molecular weight excluding hydrogens is 402 g/mol. The lowest BCUT2D eigenvalue weighted by Gasteiger charge is -2.43. The zero-order valence-corrected chi connectivity index (χ0v) is 17.1. The van der Waals surface area contributed by atoms with Gasteiger partial charge in [0.15, 0.2) is 0 Å². The number of benzene rings is 3. The number of hydrogen-bond acceptors (Lipinski definition) is 5. The van der Waals surface area contributed by atoms with Crippen LogP contribution in [0.3, 0.4) is 0 Å². The minimum atomic E-state index is -0.610. The quantitative estimate of drug-likeness (QED) is 0.438. The van der Waals surface area contributed by atoms with E-state index >= 15 is 0 Å². The number of nitrogens with zero attached hydrogens (tertiary/aromatic N) is 3. The van der Waals surface area contributed by atoms with Crippen LogP contribution in [0.4, 0.5) is 17.1 Å². The first kappa shape index (κ1) is 18.8. The molecule has 3 aromatic rings. The van der Waals surface area contributed by atoms with Gasteiger partial charge >= 0.3 is 0 Å². The number of carbonyl (C=O) groups excluding carboxylic acids is 3. The minimum absolute atomic E-state index is 0.0645. The van der Waals surface area contributed by atoms with Crippen LogP contribution in [0.5, 0.6) is 0 Å². The number of Topliss-reactive ketones (excluding diaryl/α,β-unsaturated/α-hetero) is 1. The van der Waals surface area contributed by atoms with E-state index in [4.69, 9.17) is 0 Å². The number of fused-ring (bicyclic) bond motifs is 1. The number of imide groups is 1. The Bertz CT molecular complexity index is 1280. The van der Waals surface area contributed by atoms with Crippen LogP contribution in [0.1, 0.15) is 29.4 Å². The number of ketones is 1. The Kier molecular flexibility index (Phi) is 4.15. The van der Waals surface area contributed by atoms with Gasteiger partial charge in [-0.05, 0) is 47.5 Å². The number of azo groups is 1. The number of carbonyl (C=O) groups is 3. The molecule has 2 amide bonds. The van der Waals surface area contributed by atoms with Gasteiger partial charge in [-0.1, -0.05) is 42.5 Å². The van der Waals surface area contributed by atoms with Crippen molar-refractivity contribution in [1.82, 2.24) is 0 Å². The van der Waals surface area contributed by atoms with Crippen molar-refractivity contribution in [3.8, 4) is 0 Å². The molecule has 4 atom stereocenters. The highest BCUT2D eigenvalue weighted by atomic mass is 16.2. The van der Waals surface area contributed by atoms with E-state index in [1.54, 1.807) is 24.3 Å². The number of amides is 2. The summed E-state index contributed by atoms with van der Waals surface area (Å²) in [7, 11) is 0. The van der Waals surface area contributed by atoms with Crippen LogP contribution in [0.15, 0.2) is 89.1 Å². The topological polar surface area (TPSA) is 79.2 Å². The standard InChI is InChI=1S/C26H19N3O3/c30-21-14-20-18-8-4-5-9-19(18)22(21)24-23(20)25(31)29(26(24)32)17-12-10-16(11-13-17)28-27-15-6-2-1-3-7-15/h1-13,20,22-24H,14H2/t20-,22+,23+,24+/m0/s1. The van der Waals surface area contributed by atoms with Crippen LogP contribution < -0.4 is 4.90 Å². The van der Waals surface area contributed by atoms with Crippen LogP contribution in [0.25, 0.3) is 0 Å². The summed E-state index contributed by atoms with van der Waals surface area (Å²) >= 11 is 0. The highest BCUT2D eigenvalue weighted by Crippen LogP contribution is 2.57. The summed E-state index contributed by atoms with van der Waals surface area (Å²) in [5, 5.41) is 8.41. The van der Waals surface area contributed by atoms with E-state index < -0.39 is 17.8 Å². The molecule has 3 aliphatic carbocycles. The van der Waals surface area contributed by atoms with E-state index in [0.29, 0.717) is 17.8 Å². The number of anilines is 1. The molecule has 32 heavy (non-hydrogen) atoms. The van der Waals surface area contributed by atoms with Crippen molar-refractivity contribution in [2.45, 2.75) is 18.3 Å². The average Bonchev–Trinajstić information content (AvgIpc) is 3.10. The molecule has 6 heteroatoms. The highest BCUT2D eigenvalue weighted by molar-refractivity contribution is 6.24. The van der Waals surface area contributed by atoms with Crippen molar-refractivity contribution in [2.24, 2.45) is 22.1 Å². The molecule has 0 spiro atoms. The Hall–Kier alpha value is -3.93. The van der Waals surface area contributed by atoms with Crippen LogP contribution in [-0.4, -0.2) is 17.6 Å². The summed E-state index contributed by atoms with van der Waals surface area (Å²) in [4.78, 5) is 40.9. The van der Waals surface area contributed by atoms with Crippen LogP contribution >= 0.6 is 0 Å². The van der Waals surface area contributed by atoms with Crippen molar-refractivity contribution >= 4 is 34.7 Å². The van der Waals surface area contributed by atoms with E-state index in [9.17, 15) is 14.4 Å². The van der Waals surface area contributed by atoms with Gasteiger partial charge in [0.2, 0.25) is 11.8 Å². The van der Waals surface area contributed by atoms with Crippen LogP contribution in [0, 0.1) is 11.8 Å². The summed E-state index contributed by atoms with van der Waals surface area (Å²) in [5.74, 6) is -2.27. The first-order valence-corrected chi connectivity index (χ1v) is 10.7. The zero-order valence-electron chi connectivity index (χ0n) is 17.1. The predicted octanol–water partition coefficient (Wildman–Crippen LogP) is 5.06. The van der Waals surface area contributed by atoms with Crippen molar-refractivity contribution in [1.29, 1.82) is 0 Å². The Labute approximate surface area is 184 Å². The summed E-state index contributed by atoms with van der Waals surface area (Å²) in [6.07, 6.45) is 0.328. The van der Waals surface area contributed by atoms with Gasteiger partial charge in [-0.2, -0.15) is 10.2 Å². The molecule has 0 aromatic heterocycles. The largest absolute Gasteiger partial charge is 0.299 e. The molecule has 4 aliphatic rings. The molecule has 1 heterocycles. The molecule has 1 aliphatic heterocycles. The van der Waals surface area contributed by atoms with E-state index in [2.05, 4.69) is 10.2 Å². The lowest BCUT2D eigenvalue weighted by atomic mass is 9.56. The lowest BCUT2D eigenvalue weighted by molar-refractivity contribution is -0.134. The third-order valence-corrected chi connectivity index (χ3v) is 6.83. The predicted molar refractivity (Wildman–Crippen MR) is 118 cm³/mol. The van der Waals surface area contributed by atoms with Crippen LogP contribution in [-0.2, 0) is 14.4 Å². The third kappa shape index (κ3) is 2.69. The summed E-state index contributed by atoms with van der Waals surface area (Å²) < 4.78 is 0. The number of hydrogen-bond donors (Lipinski definition) is 0. The fourth-order valence-electron chi connectivity index (χ4n) is 5.49. The monoisotopic (exact) mass is 421 g/mol. The van der Waals surface area contributed by atoms with Gasteiger partial charge in [-0.15, -0.1) is 0 Å². The zero-order chi connectivity index (χ0) is 21.8. The Morgan fingerprint density at radius 1 is 0.656 bits per heavy atom. The van der Waals surface area contributed by atoms with Crippen molar-refractivity contribution in [3.63, 3.8) is 0 Å². The van der Waals surface area contributed by atoms with Gasteiger partial charge in [0.25, 0.3) is 0 Å². The molecule has 7 rings (SSSR count). The second kappa shape index (κ2) is 7.05. The molecule has 1 saturated carbocycles. The Balaban J connectivity index is 1.31. The average molecular weight is 421 g/mol. The molecule has 2 fully saturated rings. The fraction of sp³-hybridized carbons (Fsp3) is 0.192. The van der Waals surface area contributed by atoms with E-state index in [-0.39, 0.29) is 23.5 Å². The molecular formula is C26H19N3O3. The second-order valence-corrected chi connectivity index (χ2v) is 8.50. The fourth-order valence-corrected chi connectivity index (χ4v) is 5.49. The molecule has 6 nitrogen and oxygen atoms in total. The van der Waals surface area contributed by atoms with Gasteiger partial charge < -0.3 is 0 Å². The van der Waals surface area contributed by atoms with Crippen molar-refractivity contribution in [3.05, 3.63) is 90.0 Å². The number of rotatable bonds is 3. The first-order chi connectivity index (χ1) is 15.6. The molecule has 1 saturated heterocycles. The highest BCUT2D eigenvalue weighted by Gasteiger charge is 2.62. The van der Waals surface area contributed by atoms with Gasteiger partial charge in [-0.25, -0.2) is 0 Å². The van der Waals surface area contributed by atoms with Crippen molar-refractivity contribution < 1.29 is 14.4 Å². The molecule has 156 valence electrons. The Morgan fingerprint density at radius 2 is 1.25 bits per heavy atom. The van der Waals surface area contributed by atoms with E-state index in [1.807, 2.05) is 54.6 Å². The molecule has 0 N–H and O–H groups in total. The van der Waals surface area contributed by atoms with E-state index in [1.165, 1.54) is 4.90 Å². The van der Waals surface area contributed by atoms with Gasteiger partial charge in [-0.3, -0.25) is 19.3 Å². The van der Waals surface area contributed by atoms with Gasteiger partial charge in [0.05, 0.1) is 34.8 Å². The summed E-state index contributed by atoms with van der Waals surface area (Å²) in [5.41, 5.74) is 3.82. The van der Waals surface area contributed by atoms with Crippen molar-refractivity contribution in [2.75, 3.05) is 4.90 Å². The van der Waals surface area contributed by atoms with Gasteiger partial charge in [0.1, 0.15) is 5.78 Å². The third-order valence-electron chi connectivity index (χ3n) is 6.83. The maximum atomic E-state index is 13.4. The summed E-state index contributed by atoms with van der Waals surface area (Å²) in [6.45, 7) is 0. The minimum Gasteiger partial charge on any atom is -0.299 e. The summed E-state index contributed by atoms with van der Waals surface area (Å²) in [6, 6.07) is 24.0. The second-order valence-electron chi connectivity index (χ2n) is 8.50. The normalized spacial score (nSPS) is 26.0. The van der Waals surface area contributed by atoms with Gasteiger partial charge in [0, 0.05) is 12.3 Å². The molecule has 0 unspecified atom stereocenters. The van der Waals surface area contributed by atoms with Crippen LogP contribution in [0.2, 0.25) is 0 Å². The lowest BCUT2D eigenvalue weighted by Crippen LogP contribution is -2.44. The van der Waals surface area contributed by atoms with E-state index in [0.717, 1.165) is 16.8 Å². The molecule has 3 aromatic carbocycles.